The number of hydrogen-bond donors (Lipinski definition) is 2. The van der Waals surface area contributed by atoms with Crippen molar-refractivity contribution in [2.45, 2.75) is 32.6 Å². The Morgan fingerprint density at radius 2 is 1.76 bits per heavy atom. The molecule has 0 radical (unpaired) electrons. The SMILES string of the molecule is CC(C)c1ccc(C(=O)CCC(=O)NO)cc1. The lowest BCUT2D eigenvalue weighted by molar-refractivity contribution is -0.129. The molecule has 4 nitrogen and oxygen atoms in total. The van der Waals surface area contributed by atoms with E-state index in [0.29, 0.717) is 11.5 Å². The topological polar surface area (TPSA) is 66.4 Å². The number of hydroxylamine groups is 1. The molecule has 1 rings (SSSR count). The molecule has 4 heteroatoms. The second-order valence-electron chi connectivity index (χ2n) is 4.23. The summed E-state index contributed by atoms with van der Waals surface area (Å²) in [5.41, 5.74) is 3.28. The molecule has 0 heterocycles. The third-order valence-corrected chi connectivity index (χ3v) is 2.60. The van der Waals surface area contributed by atoms with Crippen LogP contribution in [0.15, 0.2) is 24.3 Å². The van der Waals surface area contributed by atoms with Gasteiger partial charge in [0.15, 0.2) is 5.78 Å². The monoisotopic (exact) mass is 235 g/mol. The second kappa shape index (κ2) is 6.15. The van der Waals surface area contributed by atoms with Gasteiger partial charge in [0, 0.05) is 18.4 Å². The molecule has 1 aromatic carbocycles. The highest BCUT2D eigenvalue weighted by Crippen LogP contribution is 2.15. The molecule has 2 N–H and O–H groups in total. The smallest absolute Gasteiger partial charge is 0.243 e. The van der Waals surface area contributed by atoms with Gasteiger partial charge in [-0.2, -0.15) is 0 Å². The van der Waals surface area contributed by atoms with Crippen molar-refractivity contribution in [2.24, 2.45) is 0 Å². The van der Waals surface area contributed by atoms with Gasteiger partial charge >= 0.3 is 0 Å². The minimum absolute atomic E-state index is 0.00126. The molecule has 0 aliphatic carbocycles. The molecule has 17 heavy (non-hydrogen) atoms. The standard InChI is InChI=1S/C13H17NO3/c1-9(2)10-3-5-11(6-4-10)12(15)7-8-13(16)14-17/h3-6,9,17H,7-8H2,1-2H3,(H,14,16). The quantitative estimate of drug-likeness (QED) is 0.467. The average Bonchev–Trinajstić information content (AvgIpc) is 2.35. The third kappa shape index (κ3) is 4.00. The normalized spacial score (nSPS) is 10.4. The van der Waals surface area contributed by atoms with Crippen LogP contribution in [0.2, 0.25) is 0 Å². The number of nitrogens with one attached hydrogen (secondary N) is 1. The first-order valence-electron chi connectivity index (χ1n) is 5.60. The van der Waals surface area contributed by atoms with E-state index in [-0.39, 0.29) is 18.6 Å². The fourth-order valence-electron chi connectivity index (χ4n) is 1.48. The molecule has 0 spiro atoms. The number of ketones is 1. The molecule has 0 atom stereocenters. The highest BCUT2D eigenvalue weighted by Gasteiger charge is 2.09. The highest BCUT2D eigenvalue weighted by molar-refractivity contribution is 5.97. The van der Waals surface area contributed by atoms with Gasteiger partial charge in [-0.25, -0.2) is 5.48 Å². The Bertz CT molecular complexity index is 396. The molecular weight excluding hydrogens is 218 g/mol. The summed E-state index contributed by atoms with van der Waals surface area (Å²) in [7, 11) is 0. The van der Waals surface area contributed by atoms with Crippen LogP contribution in [0.4, 0.5) is 0 Å². The molecule has 0 aromatic heterocycles. The molecule has 0 aliphatic rings. The summed E-state index contributed by atoms with van der Waals surface area (Å²) < 4.78 is 0. The van der Waals surface area contributed by atoms with Crippen LogP contribution in [-0.2, 0) is 4.79 Å². The van der Waals surface area contributed by atoms with E-state index in [4.69, 9.17) is 5.21 Å². The lowest BCUT2D eigenvalue weighted by Gasteiger charge is -2.06. The van der Waals surface area contributed by atoms with E-state index < -0.39 is 5.91 Å². The summed E-state index contributed by atoms with van der Waals surface area (Å²) in [5.74, 6) is -0.208. The van der Waals surface area contributed by atoms with Gasteiger partial charge < -0.3 is 0 Å². The van der Waals surface area contributed by atoms with Crippen molar-refractivity contribution in [3.63, 3.8) is 0 Å². The molecule has 0 saturated carbocycles. The van der Waals surface area contributed by atoms with Gasteiger partial charge in [0.05, 0.1) is 0 Å². The number of hydrogen-bond acceptors (Lipinski definition) is 3. The Kier molecular flexibility index (Phi) is 4.84. The van der Waals surface area contributed by atoms with Crippen LogP contribution in [0.5, 0.6) is 0 Å². The Morgan fingerprint density at radius 3 is 2.24 bits per heavy atom. The maximum Gasteiger partial charge on any atom is 0.243 e. The molecular formula is C13H17NO3. The Hall–Kier alpha value is -1.68. The zero-order valence-electron chi connectivity index (χ0n) is 10.1. The van der Waals surface area contributed by atoms with Crippen LogP contribution in [0, 0.1) is 0 Å². The highest BCUT2D eigenvalue weighted by atomic mass is 16.5. The summed E-state index contributed by atoms with van der Waals surface area (Å²) in [6, 6.07) is 7.39. The molecule has 1 amide bonds. The van der Waals surface area contributed by atoms with Crippen LogP contribution in [-0.4, -0.2) is 16.9 Å². The van der Waals surface area contributed by atoms with Crippen LogP contribution in [0.1, 0.15) is 48.5 Å². The van der Waals surface area contributed by atoms with Gasteiger partial charge in [0.25, 0.3) is 0 Å². The van der Waals surface area contributed by atoms with Crippen molar-refractivity contribution in [1.29, 1.82) is 0 Å². The first-order chi connectivity index (χ1) is 8.04. The van der Waals surface area contributed by atoms with Gasteiger partial charge in [-0.3, -0.25) is 14.8 Å². The van der Waals surface area contributed by atoms with Crippen molar-refractivity contribution in [3.05, 3.63) is 35.4 Å². The summed E-state index contributed by atoms with van der Waals surface area (Å²) in [4.78, 5) is 22.5. The Labute approximate surface area is 101 Å². The summed E-state index contributed by atoms with van der Waals surface area (Å²) >= 11 is 0. The largest absolute Gasteiger partial charge is 0.294 e. The van der Waals surface area contributed by atoms with E-state index in [9.17, 15) is 9.59 Å². The van der Waals surface area contributed by atoms with E-state index in [1.54, 1.807) is 12.1 Å². The third-order valence-electron chi connectivity index (χ3n) is 2.60. The maximum atomic E-state index is 11.7. The van der Waals surface area contributed by atoms with Crippen molar-refractivity contribution < 1.29 is 14.8 Å². The lowest BCUT2D eigenvalue weighted by Crippen LogP contribution is -2.19. The van der Waals surface area contributed by atoms with Crippen molar-refractivity contribution in [1.82, 2.24) is 5.48 Å². The molecule has 0 bridgehead atoms. The Balaban J connectivity index is 2.61. The maximum absolute atomic E-state index is 11.7. The average molecular weight is 235 g/mol. The van der Waals surface area contributed by atoms with E-state index in [1.807, 2.05) is 12.1 Å². The predicted molar refractivity (Wildman–Crippen MR) is 64.0 cm³/mol. The van der Waals surface area contributed by atoms with Crippen molar-refractivity contribution >= 4 is 11.7 Å². The van der Waals surface area contributed by atoms with Crippen LogP contribution in [0.3, 0.4) is 0 Å². The van der Waals surface area contributed by atoms with Crippen molar-refractivity contribution in [3.8, 4) is 0 Å². The molecule has 0 saturated heterocycles. The van der Waals surface area contributed by atoms with E-state index >= 15 is 0 Å². The van der Waals surface area contributed by atoms with Gasteiger partial charge in [-0.15, -0.1) is 0 Å². The number of amides is 1. The van der Waals surface area contributed by atoms with Crippen LogP contribution < -0.4 is 5.48 Å². The number of rotatable bonds is 5. The Morgan fingerprint density at radius 1 is 1.18 bits per heavy atom. The molecule has 0 unspecified atom stereocenters. The molecule has 0 aliphatic heterocycles. The molecule has 1 aromatic rings. The zero-order chi connectivity index (χ0) is 12.8. The van der Waals surface area contributed by atoms with Gasteiger partial charge in [-0.05, 0) is 11.5 Å². The van der Waals surface area contributed by atoms with E-state index in [0.717, 1.165) is 0 Å². The summed E-state index contributed by atoms with van der Waals surface area (Å²) in [6.45, 7) is 4.17. The van der Waals surface area contributed by atoms with Gasteiger partial charge in [0.2, 0.25) is 5.91 Å². The first-order valence-corrected chi connectivity index (χ1v) is 5.60. The minimum Gasteiger partial charge on any atom is -0.294 e. The van der Waals surface area contributed by atoms with Gasteiger partial charge in [-0.1, -0.05) is 38.1 Å². The van der Waals surface area contributed by atoms with E-state index in [2.05, 4.69) is 13.8 Å². The second-order valence-corrected chi connectivity index (χ2v) is 4.23. The number of carbonyl (C=O) groups excluding carboxylic acids is 2. The molecule has 0 fully saturated rings. The fraction of sp³-hybridized carbons (Fsp3) is 0.385. The summed E-state index contributed by atoms with van der Waals surface area (Å²) in [6.07, 6.45) is 0.106. The predicted octanol–water partition coefficient (Wildman–Crippen LogP) is 2.28. The van der Waals surface area contributed by atoms with Crippen LogP contribution >= 0.6 is 0 Å². The number of carbonyl (C=O) groups is 2. The van der Waals surface area contributed by atoms with Crippen LogP contribution in [0.25, 0.3) is 0 Å². The lowest BCUT2D eigenvalue weighted by atomic mass is 9.99. The molecule has 92 valence electrons. The number of benzene rings is 1. The van der Waals surface area contributed by atoms with Crippen molar-refractivity contribution in [2.75, 3.05) is 0 Å². The zero-order valence-corrected chi connectivity index (χ0v) is 10.1. The summed E-state index contributed by atoms with van der Waals surface area (Å²) in [5, 5.41) is 8.30. The fourth-order valence-corrected chi connectivity index (χ4v) is 1.48. The van der Waals surface area contributed by atoms with E-state index in [1.165, 1.54) is 11.0 Å². The number of Topliss-reactive ketones (excluding diaryl/α,β-unsaturated/α-hetero) is 1. The van der Waals surface area contributed by atoms with Gasteiger partial charge in [0.1, 0.15) is 0 Å². The minimum atomic E-state index is -0.544. The first kappa shape index (κ1) is 13.4.